The van der Waals surface area contributed by atoms with Gasteiger partial charge in [0.15, 0.2) is 0 Å². The smallest absolute Gasteiger partial charge is 0.0839 e. The highest BCUT2D eigenvalue weighted by Crippen LogP contribution is 2.30. The van der Waals surface area contributed by atoms with E-state index in [0.717, 1.165) is 14.0 Å². The van der Waals surface area contributed by atoms with Crippen LogP contribution in [-0.4, -0.2) is 5.11 Å². The Balaban J connectivity index is 2.18. The van der Waals surface area contributed by atoms with Gasteiger partial charge in [0, 0.05) is 6.42 Å². The van der Waals surface area contributed by atoms with Crippen LogP contribution < -0.4 is 0 Å². The van der Waals surface area contributed by atoms with Crippen LogP contribution in [0.15, 0.2) is 29.6 Å². The van der Waals surface area contributed by atoms with Gasteiger partial charge >= 0.3 is 0 Å². The second-order valence-electron chi connectivity index (χ2n) is 3.62. The quantitative estimate of drug-likeness (QED) is 0.726. The van der Waals surface area contributed by atoms with E-state index in [0.29, 0.717) is 16.5 Å². The van der Waals surface area contributed by atoms with Crippen molar-refractivity contribution in [1.82, 2.24) is 0 Å². The first-order valence-electron chi connectivity index (χ1n) is 4.93. The molecule has 0 radical (unpaired) electrons. The van der Waals surface area contributed by atoms with Crippen molar-refractivity contribution in [3.05, 3.63) is 53.7 Å². The lowest BCUT2D eigenvalue weighted by molar-refractivity contribution is 0.179. The normalized spacial score (nSPS) is 12.7. The molecule has 2 aromatic rings. The SMILES string of the molecule is OC(Cc1cccc(Cl)c1Cl)c1csc(I)c1. The summed E-state index contributed by atoms with van der Waals surface area (Å²) in [6.45, 7) is 0. The van der Waals surface area contributed by atoms with E-state index in [9.17, 15) is 5.11 Å². The zero-order valence-electron chi connectivity index (χ0n) is 8.66. The molecule has 1 unspecified atom stereocenters. The predicted molar refractivity (Wildman–Crippen MR) is 82.2 cm³/mol. The third-order valence-corrected chi connectivity index (χ3v) is 5.08. The molecule has 1 aromatic heterocycles. The summed E-state index contributed by atoms with van der Waals surface area (Å²) in [6.07, 6.45) is -0.0580. The largest absolute Gasteiger partial charge is 0.388 e. The van der Waals surface area contributed by atoms with Gasteiger partial charge in [-0.15, -0.1) is 11.3 Å². The molecule has 0 saturated heterocycles. The highest BCUT2D eigenvalue weighted by atomic mass is 127. The molecule has 1 aromatic carbocycles. The molecular weight excluding hydrogens is 390 g/mol. The molecule has 5 heteroatoms. The summed E-state index contributed by atoms with van der Waals surface area (Å²) in [6, 6.07) is 7.45. The maximum Gasteiger partial charge on any atom is 0.0839 e. The molecule has 0 aliphatic carbocycles. The van der Waals surface area contributed by atoms with Crippen LogP contribution in [-0.2, 0) is 6.42 Å². The van der Waals surface area contributed by atoms with Crippen molar-refractivity contribution in [1.29, 1.82) is 0 Å². The van der Waals surface area contributed by atoms with Crippen LogP contribution in [0.2, 0.25) is 10.0 Å². The summed E-state index contributed by atoms with van der Waals surface area (Å²) in [5.41, 5.74) is 1.79. The maximum absolute atomic E-state index is 10.1. The standard InChI is InChI=1S/C12H9Cl2IOS/c13-9-3-1-2-7(12(9)14)4-10(16)8-5-11(15)17-6-8/h1-3,5-6,10,16H,4H2. The summed E-state index contributed by atoms with van der Waals surface area (Å²) in [5.74, 6) is 0. The van der Waals surface area contributed by atoms with Crippen LogP contribution in [0.5, 0.6) is 0 Å². The Morgan fingerprint density at radius 2 is 2.12 bits per heavy atom. The van der Waals surface area contributed by atoms with Crippen LogP contribution >= 0.6 is 57.1 Å². The average Bonchev–Trinajstić information content (AvgIpc) is 2.72. The highest BCUT2D eigenvalue weighted by molar-refractivity contribution is 14.1. The van der Waals surface area contributed by atoms with E-state index in [4.69, 9.17) is 23.2 Å². The minimum Gasteiger partial charge on any atom is -0.388 e. The molecule has 0 saturated carbocycles. The number of thiophene rings is 1. The van der Waals surface area contributed by atoms with E-state index in [2.05, 4.69) is 22.6 Å². The molecule has 90 valence electrons. The number of hydrogen-bond donors (Lipinski definition) is 1. The van der Waals surface area contributed by atoms with Gasteiger partial charge in [-0.25, -0.2) is 0 Å². The van der Waals surface area contributed by atoms with E-state index < -0.39 is 6.10 Å². The summed E-state index contributed by atoms with van der Waals surface area (Å²) in [7, 11) is 0. The lowest BCUT2D eigenvalue weighted by Crippen LogP contribution is -2.01. The van der Waals surface area contributed by atoms with Gasteiger partial charge in [-0.2, -0.15) is 0 Å². The molecule has 0 fully saturated rings. The van der Waals surface area contributed by atoms with Crippen molar-refractivity contribution >= 4 is 57.1 Å². The van der Waals surface area contributed by atoms with Gasteiger partial charge in [-0.1, -0.05) is 35.3 Å². The highest BCUT2D eigenvalue weighted by Gasteiger charge is 2.13. The molecule has 0 aliphatic heterocycles. The van der Waals surface area contributed by atoms with Crippen molar-refractivity contribution in [3.8, 4) is 0 Å². The Morgan fingerprint density at radius 3 is 2.76 bits per heavy atom. The summed E-state index contributed by atoms with van der Waals surface area (Å²) in [5, 5.41) is 13.1. The topological polar surface area (TPSA) is 20.2 Å². The minimum atomic E-state index is -0.536. The average molecular weight is 399 g/mol. The molecule has 1 heterocycles. The van der Waals surface area contributed by atoms with Gasteiger partial charge in [0.2, 0.25) is 0 Å². The fourth-order valence-corrected chi connectivity index (χ4v) is 3.35. The number of rotatable bonds is 3. The van der Waals surface area contributed by atoms with Crippen LogP contribution in [0.1, 0.15) is 17.2 Å². The fourth-order valence-electron chi connectivity index (χ4n) is 1.53. The van der Waals surface area contributed by atoms with Gasteiger partial charge in [-0.05, 0) is 51.2 Å². The molecule has 0 aliphatic rings. The van der Waals surface area contributed by atoms with Crippen molar-refractivity contribution < 1.29 is 5.11 Å². The van der Waals surface area contributed by atoms with Crippen LogP contribution in [0.4, 0.5) is 0 Å². The lowest BCUT2D eigenvalue weighted by atomic mass is 10.0. The van der Waals surface area contributed by atoms with Crippen LogP contribution in [0.3, 0.4) is 0 Å². The van der Waals surface area contributed by atoms with E-state index >= 15 is 0 Å². The number of benzene rings is 1. The van der Waals surface area contributed by atoms with E-state index in [1.54, 1.807) is 17.4 Å². The molecule has 0 spiro atoms. The first kappa shape index (κ1) is 13.6. The van der Waals surface area contributed by atoms with Crippen molar-refractivity contribution in [2.75, 3.05) is 0 Å². The third kappa shape index (κ3) is 3.35. The maximum atomic E-state index is 10.1. The van der Waals surface area contributed by atoms with Crippen LogP contribution in [0.25, 0.3) is 0 Å². The molecular formula is C12H9Cl2IOS. The predicted octanol–water partition coefficient (Wildman–Crippen LogP) is 4.94. The Morgan fingerprint density at radius 1 is 1.35 bits per heavy atom. The lowest BCUT2D eigenvalue weighted by Gasteiger charge is -2.11. The molecule has 1 nitrogen and oxygen atoms in total. The van der Waals surface area contributed by atoms with Gasteiger partial charge < -0.3 is 5.11 Å². The van der Waals surface area contributed by atoms with Gasteiger partial charge in [-0.3, -0.25) is 0 Å². The first-order valence-corrected chi connectivity index (χ1v) is 7.64. The monoisotopic (exact) mass is 398 g/mol. The second kappa shape index (κ2) is 5.89. The number of aliphatic hydroxyl groups excluding tert-OH is 1. The summed E-state index contributed by atoms with van der Waals surface area (Å²) in [4.78, 5) is 0. The molecule has 2 rings (SSSR count). The molecule has 1 atom stereocenters. The Labute approximate surface area is 128 Å². The summed E-state index contributed by atoms with van der Waals surface area (Å²) >= 11 is 15.9. The van der Waals surface area contributed by atoms with Crippen molar-refractivity contribution in [2.24, 2.45) is 0 Å². The van der Waals surface area contributed by atoms with E-state index in [1.165, 1.54) is 0 Å². The zero-order chi connectivity index (χ0) is 12.4. The van der Waals surface area contributed by atoms with E-state index in [1.807, 2.05) is 23.6 Å². The Hall–Kier alpha value is 0.190. The number of aliphatic hydroxyl groups is 1. The van der Waals surface area contributed by atoms with Gasteiger partial charge in [0.1, 0.15) is 0 Å². The first-order chi connectivity index (χ1) is 8.08. The fraction of sp³-hybridized carbons (Fsp3) is 0.167. The summed E-state index contributed by atoms with van der Waals surface area (Å²) < 4.78 is 1.16. The van der Waals surface area contributed by atoms with Crippen molar-refractivity contribution in [2.45, 2.75) is 12.5 Å². The van der Waals surface area contributed by atoms with Gasteiger partial charge in [0.05, 0.1) is 19.0 Å². The third-order valence-electron chi connectivity index (χ3n) is 2.42. The molecule has 0 bridgehead atoms. The number of hydrogen-bond acceptors (Lipinski definition) is 2. The molecule has 1 N–H and O–H groups in total. The van der Waals surface area contributed by atoms with Crippen molar-refractivity contribution in [3.63, 3.8) is 0 Å². The zero-order valence-corrected chi connectivity index (χ0v) is 13.1. The van der Waals surface area contributed by atoms with E-state index in [-0.39, 0.29) is 0 Å². The second-order valence-corrected chi connectivity index (χ2v) is 7.21. The van der Waals surface area contributed by atoms with Crippen LogP contribution in [0, 0.1) is 2.88 Å². The molecule has 17 heavy (non-hydrogen) atoms. The molecule has 0 amide bonds. The number of halogens is 3. The minimum absolute atomic E-state index is 0.478. The Bertz CT molecular complexity index is 527. The van der Waals surface area contributed by atoms with Gasteiger partial charge in [0.25, 0.3) is 0 Å². The Kier molecular flexibility index (Phi) is 4.72.